The fourth-order valence-electron chi connectivity index (χ4n) is 2.99. The van der Waals surface area contributed by atoms with Gasteiger partial charge in [-0.3, -0.25) is 9.59 Å². The average Bonchev–Trinajstić information content (AvgIpc) is 2.74. The molecule has 0 aliphatic rings. The van der Waals surface area contributed by atoms with Crippen LogP contribution >= 0.6 is 0 Å². The first kappa shape index (κ1) is 20.2. The first-order valence-electron chi connectivity index (χ1n) is 8.93. The van der Waals surface area contributed by atoms with Crippen molar-refractivity contribution < 1.29 is 14.3 Å². The monoisotopic (exact) mass is 394 g/mol. The average molecular weight is 394 g/mol. The minimum Gasteiger partial charge on any atom is -0.496 e. The zero-order valence-corrected chi connectivity index (χ0v) is 16.7. The molecular weight excluding hydrogens is 372 g/mol. The molecule has 29 heavy (non-hydrogen) atoms. The molecule has 3 rings (SSSR count). The largest absolute Gasteiger partial charge is 0.496 e. The minimum atomic E-state index is -0.498. The van der Waals surface area contributed by atoms with E-state index < -0.39 is 5.91 Å². The number of nitrogens with zero attached hydrogens (tertiary/aromatic N) is 3. The Labute approximate surface area is 167 Å². The number of methoxy groups -OCH3 is 2. The van der Waals surface area contributed by atoms with Crippen molar-refractivity contribution in [2.75, 3.05) is 14.2 Å². The zero-order valence-electron chi connectivity index (χ0n) is 16.7. The number of amides is 1. The Kier molecular flexibility index (Phi) is 6.04. The number of nitrogens with one attached hydrogen (secondary N) is 1. The number of rotatable bonds is 6. The lowest BCUT2D eigenvalue weighted by molar-refractivity contribution is 0.0949. The predicted octanol–water partition coefficient (Wildman–Crippen LogP) is 2.24. The van der Waals surface area contributed by atoms with Gasteiger partial charge in [0.1, 0.15) is 5.75 Å². The predicted molar refractivity (Wildman–Crippen MR) is 110 cm³/mol. The fourth-order valence-corrected chi connectivity index (χ4v) is 2.99. The molecule has 8 nitrogen and oxygen atoms in total. The maximum Gasteiger partial charge on any atom is 0.292 e. The number of carbonyl (C=O) groups excluding carboxylic acids is 1. The molecule has 1 heterocycles. The Balaban J connectivity index is 1.90. The lowest BCUT2D eigenvalue weighted by atomic mass is 10.1. The summed E-state index contributed by atoms with van der Waals surface area (Å²) >= 11 is 0. The van der Waals surface area contributed by atoms with E-state index in [-0.39, 0.29) is 11.3 Å². The summed E-state index contributed by atoms with van der Waals surface area (Å²) in [4.78, 5) is 24.9. The van der Waals surface area contributed by atoms with Crippen LogP contribution in [0.5, 0.6) is 5.75 Å². The van der Waals surface area contributed by atoms with Crippen molar-refractivity contribution >= 4 is 22.4 Å². The Bertz CT molecular complexity index is 1150. The first-order chi connectivity index (χ1) is 14.0. The van der Waals surface area contributed by atoms with Crippen LogP contribution in [-0.4, -0.2) is 35.6 Å². The van der Waals surface area contributed by atoms with E-state index in [9.17, 15) is 9.59 Å². The molecule has 0 spiro atoms. The quantitative estimate of drug-likeness (QED) is 0.511. The van der Waals surface area contributed by atoms with Crippen LogP contribution in [0.15, 0.2) is 52.4 Å². The molecule has 1 amide bonds. The van der Waals surface area contributed by atoms with E-state index in [0.29, 0.717) is 28.8 Å². The molecule has 0 fully saturated rings. The Morgan fingerprint density at radius 2 is 1.90 bits per heavy atom. The molecule has 0 saturated carbocycles. The molecule has 150 valence electrons. The molecule has 8 heteroatoms. The van der Waals surface area contributed by atoms with E-state index in [1.54, 1.807) is 45.4 Å². The van der Waals surface area contributed by atoms with Gasteiger partial charge >= 0.3 is 0 Å². The van der Waals surface area contributed by atoms with Crippen LogP contribution in [0.1, 0.15) is 28.5 Å². The summed E-state index contributed by atoms with van der Waals surface area (Å²) in [5.74, 6) is 0.218. The van der Waals surface area contributed by atoms with Gasteiger partial charge in [0.15, 0.2) is 5.69 Å². The lowest BCUT2D eigenvalue weighted by Gasteiger charge is -2.10. The van der Waals surface area contributed by atoms with E-state index in [0.717, 1.165) is 15.8 Å². The van der Waals surface area contributed by atoms with E-state index in [4.69, 9.17) is 9.47 Å². The van der Waals surface area contributed by atoms with Crippen molar-refractivity contribution in [1.82, 2.24) is 15.2 Å². The lowest BCUT2D eigenvalue weighted by Crippen LogP contribution is -2.27. The van der Waals surface area contributed by atoms with Crippen LogP contribution < -0.4 is 15.7 Å². The first-order valence-corrected chi connectivity index (χ1v) is 8.93. The topological polar surface area (TPSA) is 94.8 Å². The number of hydrogen-bond donors (Lipinski definition) is 1. The van der Waals surface area contributed by atoms with Crippen molar-refractivity contribution in [1.29, 1.82) is 0 Å². The highest BCUT2D eigenvalue weighted by molar-refractivity contribution is 6.06. The van der Waals surface area contributed by atoms with Crippen LogP contribution in [0, 0.1) is 0 Å². The molecular formula is C21H22N4O4. The third-order valence-corrected chi connectivity index (χ3v) is 4.49. The van der Waals surface area contributed by atoms with E-state index in [2.05, 4.69) is 15.6 Å². The third-order valence-electron chi connectivity index (χ3n) is 4.49. The smallest absolute Gasteiger partial charge is 0.292 e. The van der Waals surface area contributed by atoms with Crippen molar-refractivity contribution in [2.24, 2.45) is 12.1 Å². The van der Waals surface area contributed by atoms with Gasteiger partial charge in [0.05, 0.1) is 24.8 Å². The van der Waals surface area contributed by atoms with Crippen molar-refractivity contribution in [2.45, 2.75) is 13.5 Å². The molecule has 1 N–H and O–H groups in total. The standard InChI is InChI=1S/C21H22N4O4/c1-13(14-9-10-18(29-4)15(11-14)12-28-3)22-23-20(26)19-16-7-5-6-8-17(16)21(27)25(2)24-19/h5-11H,12H2,1-4H3,(H,23,26)/b22-13-. The second-order valence-electron chi connectivity index (χ2n) is 6.42. The van der Waals surface area contributed by atoms with Gasteiger partial charge in [-0.15, -0.1) is 0 Å². The highest BCUT2D eigenvalue weighted by Crippen LogP contribution is 2.21. The van der Waals surface area contributed by atoms with Gasteiger partial charge in [-0.25, -0.2) is 10.1 Å². The number of hydrazone groups is 1. The van der Waals surface area contributed by atoms with Crippen molar-refractivity contribution in [3.05, 3.63) is 69.6 Å². The fraction of sp³-hybridized carbons (Fsp3) is 0.238. The molecule has 1 aromatic heterocycles. The van der Waals surface area contributed by atoms with Crippen molar-refractivity contribution in [3.63, 3.8) is 0 Å². The second kappa shape index (κ2) is 8.66. The number of aromatic nitrogens is 2. The zero-order chi connectivity index (χ0) is 21.0. The Hall–Kier alpha value is -3.52. The summed E-state index contributed by atoms with van der Waals surface area (Å²) in [5.41, 5.74) is 4.69. The van der Waals surface area contributed by atoms with Crippen molar-refractivity contribution in [3.8, 4) is 5.75 Å². The van der Waals surface area contributed by atoms with Crippen LogP contribution in [0.3, 0.4) is 0 Å². The van der Waals surface area contributed by atoms with E-state index >= 15 is 0 Å². The summed E-state index contributed by atoms with van der Waals surface area (Å²) in [5, 5.41) is 9.20. The van der Waals surface area contributed by atoms with Gasteiger partial charge in [-0.1, -0.05) is 18.2 Å². The number of carbonyl (C=O) groups is 1. The number of benzene rings is 2. The van der Waals surface area contributed by atoms with Crippen LogP contribution in [-0.2, 0) is 18.4 Å². The molecule has 0 saturated heterocycles. The highest BCUT2D eigenvalue weighted by atomic mass is 16.5. The number of ether oxygens (including phenoxy) is 2. The van der Waals surface area contributed by atoms with Gasteiger partial charge in [-0.05, 0) is 36.8 Å². The van der Waals surface area contributed by atoms with Crippen LogP contribution in [0.25, 0.3) is 10.8 Å². The highest BCUT2D eigenvalue weighted by Gasteiger charge is 2.15. The molecule has 0 unspecified atom stereocenters. The molecule has 0 atom stereocenters. The molecule has 2 aromatic carbocycles. The summed E-state index contributed by atoms with van der Waals surface area (Å²) in [6.07, 6.45) is 0. The molecule has 0 aliphatic carbocycles. The summed E-state index contributed by atoms with van der Waals surface area (Å²) in [6.45, 7) is 2.18. The van der Waals surface area contributed by atoms with E-state index in [1.165, 1.54) is 7.05 Å². The normalized spacial score (nSPS) is 11.5. The number of hydrogen-bond acceptors (Lipinski definition) is 6. The minimum absolute atomic E-state index is 0.133. The van der Waals surface area contributed by atoms with Crippen LogP contribution in [0.2, 0.25) is 0 Å². The van der Waals surface area contributed by atoms with Gasteiger partial charge in [-0.2, -0.15) is 10.2 Å². The number of aryl methyl sites for hydroxylation is 1. The second-order valence-corrected chi connectivity index (χ2v) is 6.42. The SMILES string of the molecule is COCc1cc(/C(C)=N\NC(=O)c2nn(C)c(=O)c3ccccc23)ccc1OC. The summed E-state index contributed by atoms with van der Waals surface area (Å²) in [6, 6.07) is 12.4. The van der Waals surface area contributed by atoms with Gasteiger partial charge in [0.25, 0.3) is 11.5 Å². The summed E-state index contributed by atoms with van der Waals surface area (Å²) in [7, 11) is 4.71. The number of fused-ring (bicyclic) bond motifs is 1. The van der Waals surface area contributed by atoms with Gasteiger partial charge in [0.2, 0.25) is 0 Å². The van der Waals surface area contributed by atoms with E-state index in [1.807, 2.05) is 18.2 Å². The Morgan fingerprint density at radius 1 is 1.17 bits per heavy atom. The molecule has 3 aromatic rings. The van der Waals surface area contributed by atoms with Gasteiger partial charge in [0, 0.05) is 25.1 Å². The molecule has 0 aliphatic heterocycles. The molecule has 0 bridgehead atoms. The van der Waals surface area contributed by atoms with Crippen LogP contribution in [0.4, 0.5) is 0 Å². The maximum absolute atomic E-state index is 12.7. The Morgan fingerprint density at radius 3 is 2.59 bits per heavy atom. The third kappa shape index (κ3) is 4.17. The maximum atomic E-state index is 12.7. The van der Waals surface area contributed by atoms with Gasteiger partial charge < -0.3 is 9.47 Å². The summed E-state index contributed by atoms with van der Waals surface area (Å²) < 4.78 is 11.7. The molecule has 0 radical (unpaired) electrons.